The maximum atomic E-state index is 12.4. The lowest BCUT2D eigenvalue weighted by molar-refractivity contribution is -0.111. The van der Waals surface area contributed by atoms with Crippen LogP contribution in [-0.4, -0.2) is 11.8 Å². The van der Waals surface area contributed by atoms with Crippen molar-refractivity contribution in [3.63, 3.8) is 0 Å². The lowest BCUT2D eigenvalue weighted by atomic mass is 10.1. The minimum absolute atomic E-state index is 0.190. The molecular formula is C21H18N2O3. The summed E-state index contributed by atoms with van der Waals surface area (Å²) in [6.07, 6.45) is 4.51. The third-order valence-electron chi connectivity index (χ3n) is 3.72. The quantitative estimate of drug-likeness (QED) is 0.669. The van der Waals surface area contributed by atoms with Crippen LogP contribution in [0.15, 0.2) is 77.4 Å². The van der Waals surface area contributed by atoms with E-state index in [4.69, 9.17) is 4.42 Å². The molecular weight excluding hydrogens is 328 g/mol. The predicted octanol–water partition coefficient (Wildman–Crippen LogP) is 4.49. The number of carbonyl (C=O) groups excluding carboxylic acids is 2. The molecule has 0 saturated carbocycles. The van der Waals surface area contributed by atoms with Gasteiger partial charge in [-0.05, 0) is 55.0 Å². The number of aryl methyl sites for hydroxylation is 1. The van der Waals surface area contributed by atoms with E-state index in [1.165, 1.54) is 12.3 Å². The highest BCUT2D eigenvalue weighted by Crippen LogP contribution is 2.17. The summed E-state index contributed by atoms with van der Waals surface area (Å²) >= 11 is 0. The fraction of sp³-hybridized carbons (Fsp3) is 0.0476. The van der Waals surface area contributed by atoms with E-state index < -0.39 is 0 Å². The second-order valence-electron chi connectivity index (χ2n) is 5.69. The van der Waals surface area contributed by atoms with Crippen molar-refractivity contribution in [1.29, 1.82) is 0 Å². The molecule has 5 nitrogen and oxygen atoms in total. The van der Waals surface area contributed by atoms with Gasteiger partial charge in [0.15, 0.2) is 0 Å². The summed E-state index contributed by atoms with van der Waals surface area (Å²) in [5.41, 5.74) is 2.70. The lowest BCUT2D eigenvalue weighted by Gasteiger charge is -2.09. The van der Waals surface area contributed by atoms with Crippen LogP contribution >= 0.6 is 0 Å². The monoisotopic (exact) mass is 346 g/mol. The zero-order chi connectivity index (χ0) is 18.4. The Bertz CT molecular complexity index is 943. The van der Waals surface area contributed by atoms with Gasteiger partial charge in [-0.25, -0.2) is 0 Å². The molecule has 3 aromatic rings. The number of hydrogen-bond acceptors (Lipinski definition) is 3. The van der Waals surface area contributed by atoms with Crippen LogP contribution in [-0.2, 0) is 4.79 Å². The molecule has 0 aliphatic carbocycles. The number of furan rings is 1. The summed E-state index contributed by atoms with van der Waals surface area (Å²) in [7, 11) is 0. The zero-order valence-corrected chi connectivity index (χ0v) is 14.2. The second-order valence-corrected chi connectivity index (χ2v) is 5.69. The van der Waals surface area contributed by atoms with Crippen molar-refractivity contribution >= 4 is 29.3 Å². The Morgan fingerprint density at radius 2 is 1.69 bits per heavy atom. The molecule has 0 aliphatic heterocycles. The van der Waals surface area contributed by atoms with Crippen LogP contribution in [0.5, 0.6) is 0 Å². The molecule has 130 valence electrons. The molecule has 1 heterocycles. The topological polar surface area (TPSA) is 71.3 Å². The number of carbonyl (C=O) groups is 2. The van der Waals surface area contributed by atoms with Gasteiger partial charge in [0.25, 0.3) is 5.91 Å². The fourth-order valence-electron chi connectivity index (χ4n) is 2.43. The number of benzene rings is 2. The summed E-state index contributed by atoms with van der Waals surface area (Å²) in [6.45, 7) is 1.89. The SMILES string of the molecule is Cc1ccccc1C(=O)Nc1cccc(NC(=O)/C=C\c2ccco2)c1. The first-order valence-corrected chi connectivity index (χ1v) is 8.11. The zero-order valence-electron chi connectivity index (χ0n) is 14.2. The molecule has 0 radical (unpaired) electrons. The summed E-state index contributed by atoms with van der Waals surface area (Å²) in [4.78, 5) is 24.4. The maximum absolute atomic E-state index is 12.4. The molecule has 26 heavy (non-hydrogen) atoms. The molecule has 2 N–H and O–H groups in total. The van der Waals surface area contributed by atoms with Gasteiger partial charge in [0.05, 0.1) is 6.26 Å². The highest BCUT2D eigenvalue weighted by molar-refractivity contribution is 6.06. The van der Waals surface area contributed by atoms with Crippen molar-refractivity contribution in [3.05, 3.63) is 89.9 Å². The van der Waals surface area contributed by atoms with E-state index >= 15 is 0 Å². The highest BCUT2D eigenvalue weighted by atomic mass is 16.3. The molecule has 0 bridgehead atoms. The van der Waals surface area contributed by atoms with Crippen molar-refractivity contribution in [2.24, 2.45) is 0 Å². The minimum Gasteiger partial charge on any atom is -0.465 e. The highest BCUT2D eigenvalue weighted by Gasteiger charge is 2.09. The summed E-state index contributed by atoms with van der Waals surface area (Å²) in [6, 6.07) is 17.9. The van der Waals surface area contributed by atoms with Gasteiger partial charge in [0, 0.05) is 23.0 Å². The summed E-state index contributed by atoms with van der Waals surface area (Å²) in [5, 5.41) is 5.59. The Morgan fingerprint density at radius 1 is 0.923 bits per heavy atom. The Balaban J connectivity index is 1.65. The third kappa shape index (κ3) is 4.48. The average Bonchev–Trinajstić information content (AvgIpc) is 3.14. The fourth-order valence-corrected chi connectivity index (χ4v) is 2.43. The van der Waals surface area contributed by atoms with Gasteiger partial charge in [-0.1, -0.05) is 24.3 Å². The Hall–Kier alpha value is -3.60. The number of amides is 2. The van der Waals surface area contributed by atoms with Crippen LogP contribution in [0.2, 0.25) is 0 Å². The van der Waals surface area contributed by atoms with Gasteiger partial charge in [0.1, 0.15) is 5.76 Å². The maximum Gasteiger partial charge on any atom is 0.255 e. The normalized spacial score (nSPS) is 10.7. The van der Waals surface area contributed by atoms with E-state index in [9.17, 15) is 9.59 Å². The molecule has 0 spiro atoms. The molecule has 5 heteroatoms. The molecule has 1 aromatic heterocycles. The van der Waals surface area contributed by atoms with Crippen LogP contribution in [0.3, 0.4) is 0 Å². The second kappa shape index (κ2) is 7.98. The van der Waals surface area contributed by atoms with Crippen LogP contribution < -0.4 is 10.6 Å². The van der Waals surface area contributed by atoms with E-state index in [1.54, 1.807) is 48.5 Å². The number of nitrogens with one attached hydrogen (secondary N) is 2. The predicted molar refractivity (Wildman–Crippen MR) is 102 cm³/mol. The number of rotatable bonds is 5. The van der Waals surface area contributed by atoms with Crippen LogP contribution in [0.25, 0.3) is 6.08 Å². The van der Waals surface area contributed by atoms with E-state index in [0.717, 1.165) is 5.56 Å². The molecule has 3 rings (SSSR count). The van der Waals surface area contributed by atoms with Gasteiger partial charge in [-0.15, -0.1) is 0 Å². The van der Waals surface area contributed by atoms with Crippen LogP contribution in [0.4, 0.5) is 11.4 Å². The first-order valence-electron chi connectivity index (χ1n) is 8.11. The average molecular weight is 346 g/mol. The number of anilines is 2. The minimum atomic E-state index is -0.288. The van der Waals surface area contributed by atoms with Gasteiger partial charge >= 0.3 is 0 Å². The third-order valence-corrected chi connectivity index (χ3v) is 3.72. The molecule has 2 amide bonds. The van der Waals surface area contributed by atoms with Gasteiger partial charge in [-0.2, -0.15) is 0 Å². The first kappa shape index (κ1) is 17.2. The summed E-state index contributed by atoms with van der Waals surface area (Å²) in [5.74, 6) is 0.118. The van der Waals surface area contributed by atoms with Gasteiger partial charge < -0.3 is 15.1 Å². The van der Waals surface area contributed by atoms with Crippen molar-refractivity contribution in [3.8, 4) is 0 Å². The standard InChI is InChI=1S/C21H18N2O3/c1-15-6-2-3-10-19(15)21(25)23-17-8-4-7-16(14-17)22-20(24)12-11-18-9-5-13-26-18/h2-14H,1H3,(H,22,24)(H,23,25)/b12-11-. The largest absolute Gasteiger partial charge is 0.465 e. The Kier molecular flexibility index (Phi) is 5.29. The van der Waals surface area contributed by atoms with Crippen LogP contribution in [0.1, 0.15) is 21.7 Å². The number of hydrogen-bond donors (Lipinski definition) is 2. The van der Waals surface area contributed by atoms with Gasteiger partial charge in [-0.3, -0.25) is 9.59 Å². The van der Waals surface area contributed by atoms with E-state index in [0.29, 0.717) is 22.7 Å². The van der Waals surface area contributed by atoms with Crippen molar-refractivity contribution < 1.29 is 14.0 Å². The first-order chi connectivity index (χ1) is 12.6. The van der Waals surface area contributed by atoms with Gasteiger partial charge in [0.2, 0.25) is 5.91 Å². The van der Waals surface area contributed by atoms with E-state index in [2.05, 4.69) is 10.6 Å². The summed E-state index contributed by atoms with van der Waals surface area (Å²) < 4.78 is 5.13. The molecule has 0 unspecified atom stereocenters. The smallest absolute Gasteiger partial charge is 0.255 e. The Labute approximate surface area is 151 Å². The van der Waals surface area contributed by atoms with Crippen molar-refractivity contribution in [1.82, 2.24) is 0 Å². The molecule has 0 fully saturated rings. The van der Waals surface area contributed by atoms with Crippen molar-refractivity contribution in [2.75, 3.05) is 10.6 Å². The molecule has 0 aliphatic rings. The van der Waals surface area contributed by atoms with Crippen molar-refractivity contribution in [2.45, 2.75) is 6.92 Å². The van der Waals surface area contributed by atoms with E-state index in [-0.39, 0.29) is 11.8 Å². The molecule has 0 atom stereocenters. The lowest BCUT2D eigenvalue weighted by Crippen LogP contribution is -2.14. The molecule has 2 aromatic carbocycles. The van der Waals surface area contributed by atoms with Crippen LogP contribution in [0, 0.1) is 6.92 Å². The Morgan fingerprint density at radius 3 is 2.42 bits per heavy atom. The molecule has 0 saturated heterocycles. The van der Waals surface area contributed by atoms with E-state index in [1.807, 2.05) is 25.1 Å².